The third-order valence-electron chi connectivity index (χ3n) is 4.32. The number of nitro groups is 1. The summed E-state index contributed by atoms with van der Waals surface area (Å²) in [5.41, 5.74) is 0.821. The van der Waals surface area contributed by atoms with Gasteiger partial charge in [0.15, 0.2) is 5.13 Å². The molecule has 0 bridgehead atoms. The molecule has 1 fully saturated rings. The number of anilines is 3. The van der Waals surface area contributed by atoms with Gasteiger partial charge in [0.2, 0.25) is 11.6 Å². The summed E-state index contributed by atoms with van der Waals surface area (Å²) in [6, 6.07) is 0. The fourth-order valence-corrected chi connectivity index (χ4v) is 3.52. The number of nitrogens with one attached hydrogen (secondary N) is 1. The lowest BCUT2D eigenvalue weighted by Gasteiger charge is -2.30. The van der Waals surface area contributed by atoms with E-state index >= 15 is 0 Å². The Morgan fingerprint density at radius 1 is 1.33 bits per heavy atom. The van der Waals surface area contributed by atoms with Gasteiger partial charge in [-0.05, 0) is 32.6 Å². The monoisotopic (exact) mass is 348 g/mol. The maximum atomic E-state index is 11.7. The van der Waals surface area contributed by atoms with Gasteiger partial charge in [-0.15, -0.1) is 11.3 Å². The lowest BCUT2D eigenvalue weighted by Crippen LogP contribution is -2.34. The number of rotatable bonds is 4. The molecule has 0 spiro atoms. The van der Waals surface area contributed by atoms with E-state index in [1.807, 2.05) is 18.7 Å². The molecular formula is C15H20N6O2S. The second-order valence-corrected chi connectivity index (χ2v) is 7.31. The fraction of sp³-hybridized carbons (Fsp3) is 0.533. The first-order valence-corrected chi connectivity index (χ1v) is 8.72. The van der Waals surface area contributed by atoms with Crippen LogP contribution in [0.1, 0.15) is 30.3 Å². The smallest absolute Gasteiger partial charge is 0.351 e. The minimum atomic E-state index is -0.414. The van der Waals surface area contributed by atoms with Gasteiger partial charge >= 0.3 is 5.69 Å². The minimum absolute atomic E-state index is 0.0856. The van der Waals surface area contributed by atoms with Crippen molar-refractivity contribution >= 4 is 33.8 Å². The van der Waals surface area contributed by atoms with E-state index in [0.717, 1.165) is 36.5 Å². The standard InChI is InChI=1S/C15H20N6O2S/c1-9-4-6-20(7-5-9)14-12(21(22)23)13(16-8-17-14)19-15-18-10(2)11(3)24-15/h8-9H,4-7H2,1-3H3,(H,16,17,18,19). The lowest BCUT2D eigenvalue weighted by atomic mass is 9.99. The molecule has 0 aromatic carbocycles. The van der Waals surface area contributed by atoms with Gasteiger partial charge in [0, 0.05) is 18.0 Å². The summed E-state index contributed by atoms with van der Waals surface area (Å²) >= 11 is 1.45. The SMILES string of the molecule is Cc1nc(Nc2ncnc(N3CCC(C)CC3)c2[N+](=O)[O-])sc1C. The van der Waals surface area contributed by atoms with Crippen LogP contribution < -0.4 is 10.2 Å². The molecular weight excluding hydrogens is 328 g/mol. The number of aryl methyl sites for hydroxylation is 2. The molecule has 24 heavy (non-hydrogen) atoms. The van der Waals surface area contributed by atoms with E-state index in [0.29, 0.717) is 16.9 Å². The molecule has 0 unspecified atom stereocenters. The molecule has 1 saturated heterocycles. The molecule has 2 aromatic heterocycles. The van der Waals surface area contributed by atoms with Crippen molar-refractivity contribution in [3.05, 3.63) is 27.0 Å². The van der Waals surface area contributed by atoms with E-state index < -0.39 is 4.92 Å². The summed E-state index contributed by atoms with van der Waals surface area (Å²) in [7, 11) is 0. The fourth-order valence-electron chi connectivity index (χ4n) is 2.71. The molecule has 1 aliphatic heterocycles. The number of thiazole rings is 1. The molecule has 1 aliphatic rings. The van der Waals surface area contributed by atoms with Crippen LogP contribution in [0.4, 0.5) is 22.5 Å². The summed E-state index contributed by atoms with van der Waals surface area (Å²) in [5.74, 6) is 1.22. The van der Waals surface area contributed by atoms with Gasteiger partial charge in [0.1, 0.15) is 6.33 Å². The highest BCUT2D eigenvalue weighted by molar-refractivity contribution is 7.15. The third kappa shape index (κ3) is 3.30. The van der Waals surface area contributed by atoms with Crippen LogP contribution in [0.5, 0.6) is 0 Å². The summed E-state index contributed by atoms with van der Waals surface area (Å²) in [6.07, 6.45) is 3.39. The number of nitrogens with zero attached hydrogens (tertiary/aromatic N) is 5. The third-order valence-corrected chi connectivity index (χ3v) is 5.31. The molecule has 9 heteroatoms. The molecule has 0 aliphatic carbocycles. The van der Waals surface area contributed by atoms with Crippen LogP contribution in [0, 0.1) is 29.9 Å². The van der Waals surface area contributed by atoms with Crippen LogP contribution in [-0.2, 0) is 0 Å². The highest BCUT2D eigenvalue weighted by Gasteiger charge is 2.29. The highest BCUT2D eigenvalue weighted by Crippen LogP contribution is 2.36. The molecule has 3 heterocycles. The number of hydrogen-bond donors (Lipinski definition) is 1. The average molecular weight is 348 g/mol. The summed E-state index contributed by atoms with van der Waals surface area (Å²) in [6.45, 7) is 7.62. The second kappa shape index (κ2) is 6.68. The Kier molecular flexibility index (Phi) is 4.61. The van der Waals surface area contributed by atoms with Crippen molar-refractivity contribution < 1.29 is 4.92 Å². The molecule has 3 rings (SSSR count). The summed E-state index contributed by atoms with van der Waals surface area (Å²) < 4.78 is 0. The maximum absolute atomic E-state index is 11.7. The normalized spacial score (nSPS) is 15.5. The number of piperidine rings is 1. The largest absolute Gasteiger partial charge is 0.353 e. The van der Waals surface area contributed by atoms with Crippen LogP contribution in [-0.4, -0.2) is 33.0 Å². The number of aromatic nitrogens is 3. The van der Waals surface area contributed by atoms with E-state index in [1.54, 1.807) is 0 Å². The van der Waals surface area contributed by atoms with Gasteiger partial charge in [0.25, 0.3) is 0 Å². The maximum Gasteiger partial charge on any atom is 0.353 e. The van der Waals surface area contributed by atoms with Crippen molar-refractivity contribution in [2.24, 2.45) is 5.92 Å². The zero-order chi connectivity index (χ0) is 17.3. The van der Waals surface area contributed by atoms with Gasteiger partial charge in [-0.3, -0.25) is 10.1 Å². The van der Waals surface area contributed by atoms with Crippen LogP contribution in [0.15, 0.2) is 6.33 Å². The Morgan fingerprint density at radius 3 is 2.62 bits per heavy atom. The van der Waals surface area contributed by atoms with Crippen molar-refractivity contribution in [3.8, 4) is 0 Å². The zero-order valence-corrected chi connectivity index (χ0v) is 14.8. The zero-order valence-electron chi connectivity index (χ0n) is 13.9. The summed E-state index contributed by atoms with van der Waals surface area (Å²) in [5, 5.41) is 15.2. The lowest BCUT2D eigenvalue weighted by molar-refractivity contribution is -0.383. The van der Waals surface area contributed by atoms with Crippen molar-refractivity contribution in [2.45, 2.75) is 33.6 Å². The van der Waals surface area contributed by atoms with Gasteiger partial charge in [-0.2, -0.15) is 0 Å². The Bertz CT molecular complexity index is 735. The van der Waals surface area contributed by atoms with Crippen molar-refractivity contribution in [1.29, 1.82) is 0 Å². The first-order valence-electron chi connectivity index (χ1n) is 7.91. The van der Waals surface area contributed by atoms with Gasteiger partial charge in [-0.1, -0.05) is 6.92 Å². The predicted molar refractivity (Wildman–Crippen MR) is 94.2 cm³/mol. The van der Waals surface area contributed by atoms with E-state index in [2.05, 4.69) is 27.2 Å². The Balaban J connectivity index is 1.94. The Morgan fingerprint density at radius 2 is 2.04 bits per heavy atom. The van der Waals surface area contributed by atoms with Crippen LogP contribution >= 0.6 is 11.3 Å². The Hall–Kier alpha value is -2.29. The van der Waals surface area contributed by atoms with Crippen molar-refractivity contribution in [2.75, 3.05) is 23.3 Å². The van der Waals surface area contributed by atoms with Gasteiger partial charge in [0.05, 0.1) is 10.6 Å². The van der Waals surface area contributed by atoms with Crippen LogP contribution in [0.3, 0.4) is 0 Å². The number of hydrogen-bond acceptors (Lipinski definition) is 8. The highest BCUT2D eigenvalue weighted by atomic mass is 32.1. The molecule has 128 valence electrons. The first-order chi connectivity index (χ1) is 11.5. The van der Waals surface area contributed by atoms with Crippen molar-refractivity contribution in [3.63, 3.8) is 0 Å². The molecule has 8 nitrogen and oxygen atoms in total. The van der Waals surface area contributed by atoms with E-state index in [-0.39, 0.29) is 11.5 Å². The molecule has 0 atom stereocenters. The average Bonchev–Trinajstić information content (AvgIpc) is 2.85. The van der Waals surface area contributed by atoms with Gasteiger partial charge in [-0.25, -0.2) is 15.0 Å². The topological polar surface area (TPSA) is 97.1 Å². The minimum Gasteiger partial charge on any atom is -0.351 e. The quantitative estimate of drug-likeness (QED) is 0.667. The molecule has 0 amide bonds. The van der Waals surface area contributed by atoms with Crippen LogP contribution in [0.2, 0.25) is 0 Å². The Labute approximate surface area is 144 Å². The van der Waals surface area contributed by atoms with Crippen LogP contribution in [0.25, 0.3) is 0 Å². The van der Waals surface area contributed by atoms with E-state index in [4.69, 9.17) is 0 Å². The molecule has 0 saturated carbocycles. The van der Waals surface area contributed by atoms with E-state index in [1.165, 1.54) is 17.7 Å². The summed E-state index contributed by atoms with van der Waals surface area (Å²) in [4.78, 5) is 26.9. The molecule has 2 aromatic rings. The molecule has 1 N–H and O–H groups in total. The van der Waals surface area contributed by atoms with Crippen molar-refractivity contribution in [1.82, 2.24) is 15.0 Å². The molecule has 0 radical (unpaired) electrons. The first kappa shape index (κ1) is 16.6. The van der Waals surface area contributed by atoms with E-state index in [9.17, 15) is 10.1 Å². The van der Waals surface area contributed by atoms with Gasteiger partial charge < -0.3 is 10.2 Å². The predicted octanol–water partition coefficient (Wildman–Crippen LogP) is 3.44. The second-order valence-electron chi connectivity index (χ2n) is 6.11.